The van der Waals surface area contributed by atoms with E-state index in [0.717, 1.165) is 6.42 Å². The Kier molecular flexibility index (Phi) is 7.31. The minimum atomic E-state index is -4.52. The molecule has 2 N–H and O–H groups in total. The van der Waals surface area contributed by atoms with E-state index in [1.54, 1.807) is 6.07 Å². The second-order valence-corrected chi connectivity index (χ2v) is 6.37. The third-order valence-corrected chi connectivity index (χ3v) is 3.77. The predicted molar refractivity (Wildman–Crippen MR) is 83.8 cm³/mol. The van der Waals surface area contributed by atoms with E-state index in [-0.39, 0.29) is 30.9 Å². The first-order valence-corrected chi connectivity index (χ1v) is 8.85. The van der Waals surface area contributed by atoms with Gasteiger partial charge in [0, 0.05) is 12.5 Å². The molecule has 0 saturated heterocycles. The zero-order valence-electron chi connectivity index (χ0n) is 13.2. The fourth-order valence-electron chi connectivity index (χ4n) is 1.92. The molecule has 0 unspecified atom stereocenters. The normalized spacial score (nSPS) is 11.3. The Hall–Kier alpha value is -1.80. The summed E-state index contributed by atoms with van der Waals surface area (Å²) in [4.78, 5) is 10.4. The minimum absolute atomic E-state index is 0.0144. The van der Waals surface area contributed by atoms with Gasteiger partial charge in [-0.3, -0.25) is 9.35 Å². The SMILES string of the molecule is CCCOc1cc(CCC(=O)O)c(OCCC)c(S(=O)(=O)O)c1. The van der Waals surface area contributed by atoms with Gasteiger partial charge in [0.15, 0.2) is 0 Å². The van der Waals surface area contributed by atoms with Crippen LogP contribution >= 0.6 is 0 Å². The summed E-state index contributed by atoms with van der Waals surface area (Å²) in [5, 5.41) is 8.84. The number of rotatable bonds is 10. The van der Waals surface area contributed by atoms with Crippen LogP contribution in [-0.2, 0) is 21.3 Å². The Labute approximate surface area is 136 Å². The Morgan fingerprint density at radius 2 is 1.74 bits per heavy atom. The lowest BCUT2D eigenvalue weighted by molar-refractivity contribution is -0.136. The van der Waals surface area contributed by atoms with Crippen LogP contribution in [0, 0.1) is 0 Å². The molecule has 8 heteroatoms. The number of aliphatic carboxylic acids is 1. The van der Waals surface area contributed by atoms with Gasteiger partial charge in [-0.05, 0) is 30.9 Å². The van der Waals surface area contributed by atoms with Crippen molar-refractivity contribution in [2.45, 2.75) is 44.4 Å². The van der Waals surface area contributed by atoms with Gasteiger partial charge in [-0.15, -0.1) is 0 Å². The summed E-state index contributed by atoms with van der Waals surface area (Å²) < 4.78 is 43.6. The molecule has 0 bridgehead atoms. The van der Waals surface area contributed by atoms with E-state index in [1.165, 1.54) is 6.07 Å². The summed E-state index contributed by atoms with van der Waals surface area (Å²) in [6, 6.07) is 2.75. The lowest BCUT2D eigenvalue weighted by Crippen LogP contribution is -2.09. The number of hydrogen-bond acceptors (Lipinski definition) is 5. The first kappa shape index (κ1) is 19.2. The molecule has 0 saturated carbocycles. The van der Waals surface area contributed by atoms with Crippen LogP contribution in [0.3, 0.4) is 0 Å². The smallest absolute Gasteiger partial charge is 0.303 e. The maximum atomic E-state index is 11.6. The molecule has 130 valence electrons. The maximum Gasteiger partial charge on any atom is 0.303 e. The Morgan fingerprint density at radius 1 is 1.13 bits per heavy atom. The average Bonchev–Trinajstić information content (AvgIpc) is 2.47. The fraction of sp³-hybridized carbons (Fsp3) is 0.533. The van der Waals surface area contributed by atoms with E-state index in [0.29, 0.717) is 18.6 Å². The number of carboxylic acids is 1. The highest BCUT2D eigenvalue weighted by Gasteiger charge is 2.22. The topological polar surface area (TPSA) is 110 Å². The molecule has 1 rings (SSSR count). The molecule has 0 aliphatic carbocycles. The fourth-order valence-corrected chi connectivity index (χ4v) is 2.61. The van der Waals surface area contributed by atoms with Crippen molar-refractivity contribution in [3.05, 3.63) is 17.7 Å². The van der Waals surface area contributed by atoms with Crippen molar-refractivity contribution in [1.82, 2.24) is 0 Å². The van der Waals surface area contributed by atoms with Gasteiger partial charge in [0.05, 0.1) is 13.2 Å². The van der Waals surface area contributed by atoms with Crippen LogP contribution in [0.5, 0.6) is 11.5 Å². The van der Waals surface area contributed by atoms with Crippen molar-refractivity contribution in [3.63, 3.8) is 0 Å². The zero-order valence-corrected chi connectivity index (χ0v) is 14.1. The average molecular weight is 346 g/mol. The second kappa shape index (κ2) is 8.73. The van der Waals surface area contributed by atoms with Gasteiger partial charge in [0.2, 0.25) is 0 Å². The van der Waals surface area contributed by atoms with E-state index in [4.69, 9.17) is 14.6 Å². The van der Waals surface area contributed by atoms with Crippen molar-refractivity contribution in [2.24, 2.45) is 0 Å². The zero-order chi connectivity index (χ0) is 17.5. The van der Waals surface area contributed by atoms with E-state index in [1.807, 2.05) is 13.8 Å². The van der Waals surface area contributed by atoms with Gasteiger partial charge in [-0.1, -0.05) is 13.8 Å². The molecular formula is C15H22O7S. The van der Waals surface area contributed by atoms with E-state index in [9.17, 15) is 17.8 Å². The van der Waals surface area contributed by atoms with Crippen molar-refractivity contribution >= 4 is 16.1 Å². The largest absolute Gasteiger partial charge is 0.494 e. The summed E-state index contributed by atoms with van der Waals surface area (Å²) >= 11 is 0. The number of carbonyl (C=O) groups is 1. The highest BCUT2D eigenvalue weighted by Crippen LogP contribution is 2.34. The van der Waals surface area contributed by atoms with Gasteiger partial charge in [0.25, 0.3) is 10.1 Å². The molecule has 0 spiro atoms. The molecular weight excluding hydrogens is 324 g/mol. The second-order valence-electron chi connectivity index (χ2n) is 4.98. The van der Waals surface area contributed by atoms with Crippen LogP contribution < -0.4 is 9.47 Å². The van der Waals surface area contributed by atoms with E-state index in [2.05, 4.69) is 0 Å². The van der Waals surface area contributed by atoms with Crippen LogP contribution in [0.2, 0.25) is 0 Å². The summed E-state index contributed by atoms with van der Waals surface area (Å²) in [6.45, 7) is 4.37. The number of carboxylic acid groups (broad SMARTS) is 1. The van der Waals surface area contributed by atoms with Gasteiger partial charge < -0.3 is 14.6 Å². The Balaban J connectivity index is 3.36. The molecule has 7 nitrogen and oxygen atoms in total. The highest BCUT2D eigenvalue weighted by atomic mass is 32.2. The Morgan fingerprint density at radius 3 is 2.26 bits per heavy atom. The van der Waals surface area contributed by atoms with Gasteiger partial charge in [-0.2, -0.15) is 8.42 Å². The predicted octanol–water partition coefficient (Wildman–Crippen LogP) is 2.53. The molecule has 1 aromatic carbocycles. The molecule has 0 radical (unpaired) electrons. The third kappa shape index (κ3) is 6.07. The summed E-state index contributed by atoms with van der Waals surface area (Å²) in [5.74, 6) is -0.775. The molecule has 0 amide bonds. The summed E-state index contributed by atoms with van der Waals surface area (Å²) in [6.07, 6.45) is 1.24. The number of ether oxygens (including phenoxy) is 2. The van der Waals surface area contributed by atoms with Crippen LogP contribution in [0.25, 0.3) is 0 Å². The number of benzene rings is 1. The monoisotopic (exact) mass is 346 g/mol. The van der Waals surface area contributed by atoms with Gasteiger partial charge >= 0.3 is 5.97 Å². The molecule has 0 aliphatic rings. The third-order valence-electron chi connectivity index (χ3n) is 2.91. The number of aryl methyl sites for hydroxylation is 1. The van der Waals surface area contributed by atoms with Gasteiger partial charge in [-0.25, -0.2) is 0 Å². The first-order chi connectivity index (χ1) is 10.8. The summed E-state index contributed by atoms with van der Waals surface area (Å²) in [7, 11) is -4.52. The van der Waals surface area contributed by atoms with Crippen LogP contribution in [0.4, 0.5) is 0 Å². The van der Waals surface area contributed by atoms with Crippen LogP contribution in [-0.4, -0.2) is 37.3 Å². The highest BCUT2D eigenvalue weighted by molar-refractivity contribution is 7.86. The molecule has 0 aliphatic heterocycles. The van der Waals surface area contributed by atoms with E-state index < -0.39 is 21.0 Å². The molecule has 0 aromatic heterocycles. The molecule has 23 heavy (non-hydrogen) atoms. The lowest BCUT2D eigenvalue weighted by Gasteiger charge is -2.16. The number of hydrogen-bond donors (Lipinski definition) is 2. The van der Waals surface area contributed by atoms with E-state index >= 15 is 0 Å². The Bertz CT molecular complexity index is 637. The maximum absolute atomic E-state index is 11.6. The molecule has 0 fully saturated rings. The molecule has 0 heterocycles. The quantitative estimate of drug-likeness (QED) is 0.626. The molecule has 1 aromatic rings. The lowest BCUT2D eigenvalue weighted by atomic mass is 10.1. The summed E-state index contributed by atoms with van der Waals surface area (Å²) in [5.41, 5.74) is 0.377. The van der Waals surface area contributed by atoms with Crippen molar-refractivity contribution in [2.75, 3.05) is 13.2 Å². The molecule has 0 atom stereocenters. The first-order valence-electron chi connectivity index (χ1n) is 7.41. The van der Waals surface area contributed by atoms with Crippen molar-refractivity contribution in [3.8, 4) is 11.5 Å². The minimum Gasteiger partial charge on any atom is -0.494 e. The van der Waals surface area contributed by atoms with Crippen LogP contribution in [0.15, 0.2) is 17.0 Å². The van der Waals surface area contributed by atoms with Crippen molar-refractivity contribution in [1.29, 1.82) is 0 Å². The van der Waals surface area contributed by atoms with Crippen LogP contribution in [0.1, 0.15) is 38.7 Å². The van der Waals surface area contributed by atoms with Gasteiger partial charge in [0.1, 0.15) is 16.4 Å². The standard InChI is InChI=1S/C15H22O7S/c1-3-7-21-12-9-11(5-6-14(16)17)15(22-8-4-2)13(10-12)23(18,19)20/h9-10H,3-8H2,1-2H3,(H,16,17)(H,18,19,20). The van der Waals surface area contributed by atoms with Crippen molar-refractivity contribution < 1.29 is 32.3 Å².